The van der Waals surface area contributed by atoms with Crippen LogP contribution < -0.4 is 5.32 Å². The van der Waals surface area contributed by atoms with Crippen molar-refractivity contribution in [1.29, 1.82) is 5.41 Å². The van der Waals surface area contributed by atoms with Gasteiger partial charge >= 0.3 is 5.97 Å². The summed E-state index contributed by atoms with van der Waals surface area (Å²) >= 11 is 1.47. The van der Waals surface area contributed by atoms with Crippen molar-refractivity contribution < 1.29 is 9.90 Å². The van der Waals surface area contributed by atoms with E-state index in [1.165, 1.54) is 35.8 Å². The molecular formula is C20H22N4O2S. The molecule has 0 aliphatic rings. The fraction of sp³-hybridized carbons (Fsp3) is 0.200. The van der Waals surface area contributed by atoms with Gasteiger partial charge in [-0.25, -0.2) is 14.8 Å². The third-order valence-corrected chi connectivity index (χ3v) is 4.81. The van der Waals surface area contributed by atoms with Crippen molar-refractivity contribution in [3.05, 3.63) is 64.7 Å². The van der Waals surface area contributed by atoms with Crippen molar-refractivity contribution >= 4 is 29.3 Å². The Bertz CT molecular complexity index is 913. The number of aliphatic carboxylic acids is 1. The molecule has 0 saturated heterocycles. The van der Waals surface area contributed by atoms with Crippen LogP contribution in [-0.4, -0.2) is 33.8 Å². The van der Waals surface area contributed by atoms with Crippen LogP contribution in [-0.2, 0) is 11.2 Å². The summed E-state index contributed by atoms with van der Waals surface area (Å²) in [5, 5.41) is 19.7. The Kier molecular flexibility index (Phi) is 7.19. The smallest absolute Gasteiger partial charge is 0.335 e. The SMILES string of the molecule is C=C/C=C(\C=C/CNc1nc(-c2ccc(C=N)s2)nc(C)c1CC)C(=O)O. The van der Waals surface area contributed by atoms with E-state index in [0.717, 1.165) is 33.3 Å². The molecule has 2 rings (SSSR count). The van der Waals surface area contributed by atoms with Crippen LogP contribution in [0.2, 0.25) is 0 Å². The number of aromatic nitrogens is 2. The van der Waals surface area contributed by atoms with E-state index in [2.05, 4.69) is 21.9 Å². The third kappa shape index (κ3) is 5.21. The van der Waals surface area contributed by atoms with Crippen molar-refractivity contribution in [2.75, 3.05) is 11.9 Å². The highest BCUT2D eigenvalue weighted by Crippen LogP contribution is 2.27. The van der Waals surface area contributed by atoms with Gasteiger partial charge in [-0.05, 0) is 37.6 Å². The molecule has 0 spiro atoms. The standard InChI is InChI=1S/C20H22N4O2S/c1-4-7-14(20(25)26)8-6-11-22-18-16(5-2)13(3)23-19(24-18)17-10-9-15(12-21)27-17/h4,6-10,12,21H,1,5,11H2,2-3H3,(H,25,26)(H,22,23,24)/b8-6-,14-7+,21-12?. The van der Waals surface area contributed by atoms with Gasteiger partial charge in [0.25, 0.3) is 0 Å². The Balaban J connectivity index is 2.24. The lowest BCUT2D eigenvalue weighted by Crippen LogP contribution is -2.08. The zero-order valence-corrected chi connectivity index (χ0v) is 16.1. The van der Waals surface area contributed by atoms with E-state index in [1.807, 2.05) is 26.0 Å². The Morgan fingerprint density at radius 1 is 1.41 bits per heavy atom. The second-order valence-corrected chi connectivity index (χ2v) is 6.72. The molecule has 0 amide bonds. The van der Waals surface area contributed by atoms with E-state index in [1.54, 1.807) is 6.08 Å². The van der Waals surface area contributed by atoms with Crippen LogP contribution in [0.1, 0.15) is 23.1 Å². The first-order valence-corrected chi connectivity index (χ1v) is 9.26. The number of nitrogens with zero attached hydrogens (tertiary/aromatic N) is 2. The summed E-state index contributed by atoms with van der Waals surface area (Å²) in [7, 11) is 0. The lowest BCUT2D eigenvalue weighted by atomic mass is 10.1. The quantitative estimate of drug-likeness (QED) is 0.342. The van der Waals surface area contributed by atoms with Gasteiger partial charge in [0.05, 0.1) is 10.5 Å². The molecule has 140 valence electrons. The van der Waals surface area contributed by atoms with Gasteiger partial charge < -0.3 is 15.8 Å². The largest absolute Gasteiger partial charge is 0.478 e. The molecule has 0 aliphatic heterocycles. The minimum absolute atomic E-state index is 0.167. The van der Waals surface area contributed by atoms with E-state index in [9.17, 15) is 4.79 Å². The highest BCUT2D eigenvalue weighted by atomic mass is 32.1. The number of thiophene rings is 1. The molecule has 0 aromatic carbocycles. The third-order valence-electron chi connectivity index (χ3n) is 3.79. The number of carboxylic acids is 1. The molecule has 27 heavy (non-hydrogen) atoms. The van der Waals surface area contributed by atoms with E-state index in [4.69, 9.17) is 10.5 Å². The van der Waals surface area contributed by atoms with Crippen LogP contribution >= 0.6 is 11.3 Å². The van der Waals surface area contributed by atoms with E-state index in [-0.39, 0.29) is 5.57 Å². The van der Waals surface area contributed by atoms with Crippen LogP contribution in [0, 0.1) is 12.3 Å². The van der Waals surface area contributed by atoms with Gasteiger partial charge in [-0.15, -0.1) is 11.3 Å². The fourth-order valence-electron chi connectivity index (χ4n) is 2.49. The molecule has 2 heterocycles. The maximum absolute atomic E-state index is 11.1. The lowest BCUT2D eigenvalue weighted by molar-refractivity contribution is -0.132. The van der Waals surface area contributed by atoms with Crippen molar-refractivity contribution in [1.82, 2.24) is 9.97 Å². The van der Waals surface area contributed by atoms with Crippen LogP contribution in [0.5, 0.6) is 0 Å². The Labute approximate surface area is 162 Å². The zero-order valence-electron chi connectivity index (χ0n) is 15.3. The minimum atomic E-state index is -1.000. The summed E-state index contributed by atoms with van der Waals surface area (Å²) in [6.45, 7) is 7.94. The molecule has 0 saturated carbocycles. The first kappa shape index (κ1) is 20.3. The Morgan fingerprint density at radius 2 is 2.19 bits per heavy atom. The van der Waals surface area contributed by atoms with Crippen molar-refractivity contribution in [2.24, 2.45) is 0 Å². The molecule has 0 bridgehead atoms. The maximum Gasteiger partial charge on any atom is 0.335 e. The molecule has 3 N–H and O–H groups in total. The average Bonchev–Trinajstić information content (AvgIpc) is 3.13. The van der Waals surface area contributed by atoms with Gasteiger partial charge in [-0.1, -0.05) is 25.7 Å². The molecule has 2 aromatic rings. The number of allylic oxidation sites excluding steroid dienone is 2. The second kappa shape index (κ2) is 9.59. The van der Waals surface area contributed by atoms with Crippen LogP contribution in [0.25, 0.3) is 10.7 Å². The topological polar surface area (TPSA) is 99.0 Å². The maximum atomic E-state index is 11.1. The summed E-state index contributed by atoms with van der Waals surface area (Å²) in [6.07, 6.45) is 8.25. The van der Waals surface area contributed by atoms with E-state index in [0.29, 0.717) is 12.4 Å². The molecule has 0 aliphatic carbocycles. The predicted molar refractivity (Wildman–Crippen MR) is 111 cm³/mol. The van der Waals surface area contributed by atoms with Crippen LogP contribution in [0.4, 0.5) is 5.82 Å². The van der Waals surface area contributed by atoms with Gasteiger partial charge in [0, 0.05) is 28.9 Å². The van der Waals surface area contributed by atoms with Crippen molar-refractivity contribution in [3.63, 3.8) is 0 Å². The van der Waals surface area contributed by atoms with Crippen LogP contribution in [0.15, 0.2) is 48.6 Å². The molecule has 0 atom stereocenters. The Hall–Kier alpha value is -3.06. The summed E-state index contributed by atoms with van der Waals surface area (Å²) < 4.78 is 0. The lowest BCUT2D eigenvalue weighted by Gasteiger charge is -2.12. The van der Waals surface area contributed by atoms with Gasteiger partial charge in [-0.3, -0.25) is 0 Å². The van der Waals surface area contributed by atoms with E-state index < -0.39 is 5.97 Å². The molecule has 0 unspecified atom stereocenters. The molecule has 2 aromatic heterocycles. The first-order chi connectivity index (χ1) is 13.0. The van der Waals surface area contributed by atoms with Gasteiger partial charge in [0.15, 0.2) is 5.82 Å². The number of carbonyl (C=O) groups is 1. The number of rotatable bonds is 9. The fourth-order valence-corrected chi connectivity index (χ4v) is 3.26. The molecule has 0 fully saturated rings. The highest BCUT2D eigenvalue weighted by molar-refractivity contribution is 7.17. The van der Waals surface area contributed by atoms with E-state index >= 15 is 0 Å². The minimum Gasteiger partial charge on any atom is -0.478 e. The summed E-state index contributed by atoms with van der Waals surface area (Å²) in [5.74, 6) is 0.353. The number of nitrogens with one attached hydrogen (secondary N) is 2. The molecule has 6 nitrogen and oxygen atoms in total. The van der Waals surface area contributed by atoms with Crippen molar-refractivity contribution in [3.8, 4) is 10.7 Å². The van der Waals surface area contributed by atoms with Gasteiger partial charge in [0.2, 0.25) is 0 Å². The average molecular weight is 382 g/mol. The molecule has 7 heteroatoms. The highest BCUT2D eigenvalue weighted by Gasteiger charge is 2.12. The number of carboxylic acid groups (broad SMARTS) is 1. The second-order valence-electron chi connectivity index (χ2n) is 5.61. The summed E-state index contributed by atoms with van der Waals surface area (Å²) in [5.41, 5.74) is 2.09. The number of hydrogen-bond acceptors (Lipinski definition) is 6. The van der Waals surface area contributed by atoms with Gasteiger partial charge in [-0.2, -0.15) is 0 Å². The first-order valence-electron chi connectivity index (χ1n) is 8.44. The summed E-state index contributed by atoms with van der Waals surface area (Å²) in [4.78, 5) is 22.1. The normalized spacial score (nSPS) is 11.6. The monoisotopic (exact) mass is 382 g/mol. The zero-order chi connectivity index (χ0) is 19.8. The summed E-state index contributed by atoms with van der Waals surface area (Å²) in [6, 6.07) is 3.78. The Morgan fingerprint density at radius 3 is 2.78 bits per heavy atom. The number of anilines is 1. The van der Waals surface area contributed by atoms with Crippen molar-refractivity contribution in [2.45, 2.75) is 20.3 Å². The van der Waals surface area contributed by atoms with Crippen LogP contribution in [0.3, 0.4) is 0 Å². The molecular weight excluding hydrogens is 360 g/mol. The van der Waals surface area contributed by atoms with Gasteiger partial charge in [0.1, 0.15) is 5.82 Å². The number of aryl methyl sites for hydroxylation is 1. The predicted octanol–water partition coefficient (Wildman–Crippen LogP) is 4.24. The number of hydrogen-bond donors (Lipinski definition) is 3. The molecule has 0 radical (unpaired) electrons.